The van der Waals surface area contributed by atoms with Crippen molar-refractivity contribution in [3.05, 3.63) is 0 Å². The molecule has 0 aromatic rings. The topological polar surface area (TPSA) is 49.3 Å². The zero-order valence-electron chi connectivity index (χ0n) is 6.92. The van der Waals surface area contributed by atoms with E-state index < -0.39 is 14.8 Å². The summed E-state index contributed by atoms with van der Waals surface area (Å²) in [7, 11) is -0.448. The number of carbonyl (C=O) groups is 1. The number of nitrogens with one attached hydrogen (secondary N) is 1. The molecule has 1 heterocycles. The Kier molecular flexibility index (Phi) is 2.67. The van der Waals surface area contributed by atoms with Gasteiger partial charge in [-0.3, -0.25) is 4.79 Å². The molecule has 2 atom stereocenters. The quantitative estimate of drug-likeness (QED) is 0.598. The Bertz CT molecular complexity index is 161. The van der Waals surface area contributed by atoms with Crippen LogP contribution in [0.5, 0.6) is 0 Å². The van der Waals surface area contributed by atoms with E-state index >= 15 is 0 Å². The van der Waals surface area contributed by atoms with E-state index in [0.717, 1.165) is 13.0 Å². The molecule has 1 aliphatic heterocycles. The lowest BCUT2D eigenvalue weighted by Gasteiger charge is -2.17. The van der Waals surface area contributed by atoms with E-state index in [4.69, 9.17) is 5.11 Å². The minimum Gasteiger partial charge on any atom is -0.480 e. The first-order valence-electron chi connectivity index (χ1n) is 3.89. The molecule has 2 N–H and O–H groups in total. The molecule has 0 aromatic heterocycles. The van der Waals surface area contributed by atoms with E-state index in [1.54, 1.807) is 0 Å². The number of carboxylic acid groups (broad SMARTS) is 1. The maximum atomic E-state index is 10.7. The summed E-state index contributed by atoms with van der Waals surface area (Å²) in [4.78, 5) is 10.7. The highest BCUT2D eigenvalue weighted by atomic mass is 28.3. The van der Waals surface area contributed by atoms with E-state index in [1.165, 1.54) is 0 Å². The summed E-state index contributed by atoms with van der Waals surface area (Å²) in [5.41, 5.74) is 0.414. The summed E-state index contributed by atoms with van der Waals surface area (Å²) in [5, 5.41) is 11.8. The van der Waals surface area contributed by atoms with Crippen LogP contribution in [0.25, 0.3) is 0 Å². The summed E-state index contributed by atoms with van der Waals surface area (Å²) in [6.45, 7) is 5.23. The predicted molar refractivity (Wildman–Crippen MR) is 45.3 cm³/mol. The molecule has 1 saturated heterocycles. The average Bonchev–Trinajstić information content (AvgIpc) is 2.32. The predicted octanol–water partition coefficient (Wildman–Crippen LogP) is 0.557. The number of aliphatic carboxylic acids is 1. The maximum absolute atomic E-state index is 10.7. The standard InChI is InChI=1S/C7H14NO2Si/c1-11(2)5-3-4-8-6(5)7(9)10/h5-6,8H,3-4H2,1-2H3,(H,9,10)/t5?,6-/m0/s1. The van der Waals surface area contributed by atoms with Crippen molar-refractivity contribution in [2.45, 2.75) is 31.1 Å². The van der Waals surface area contributed by atoms with E-state index in [0.29, 0.717) is 5.54 Å². The molecule has 1 unspecified atom stereocenters. The maximum Gasteiger partial charge on any atom is 0.320 e. The Morgan fingerprint density at radius 2 is 2.27 bits per heavy atom. The number of carboxylic acids is 1. The molecule has 1 radical (unpaired) electrons. The zero-order chi connectivity index (χ0) is 8.43. The molecule has 0 amide bonds. The Labute approximate surface area is 68.4 Å². The first-order valence-corrected chi connectivity index (χ1v) is 6.47. The van der Waals surface area contributed by atoms with Crippen molar-refractivity contribution in [1.29, 1.82) is 0 Å². The fourth-order valence-electron chi connectivity index (χ4n) is 1.58. The summed E-state index contributed by atoms with van der Waals surface area (Å²) >= 11 is 0. The van der Waals surface area contributed by atoms with Gasteiger partial charge in [0, 0.05) is 8.80 Å². The zero-order valence-corrected chi connectivity index (χ0v) is 7.92. The highest BCUT2D eigenvalue weighted by molar-refractivity contribution is 6.58. The lowest BCUT2D eigenvalue weighted by molar-refractivity contribution is -0.139. The molecule has 0 aromatic carbocycles. The van der Waals surface area contributed by atoms with Crippen molar-refractivity contribution < 1.29 is 9.90 Å². The van der Waals surface area contributed by atoms with E-state index in [9.17, 15) is 4.79 Å². The van der Waals surface area contributed by atoms with Gasteiger partial charge in [-0.05, 0) is 18.5 Å². The fraction of sp³-hybridized carbons (Fsp3) is 0.857. The second-order valence-corrected chi connectivity index (χ2v) is 6.14. The minimum atomic E-state index is -0.682. The lowest BCUT2D eigenvalue weighted by atomic mass is 10.2. The van der Waals surface area contributed by atoms with Gasteiger partial charge >= 0.3 is 5.97 Å². The van der Waals surface area contributed by atoms with Crippen molar-refractivity contribution >= 4 is 14.8 Å². The lowest BCUT2D eigenvalue weighted by Crippen LogP contribution is -2.36. The van der Waals surface area contributed by atoms with Gasteiger partial charge in [0.2, 0.25) is 0 Å². The van der Waals surface area contributed by atoms with Gasteiger partial charge in [0.25, 0.3) is 0 Å². The van der Waals surface area contributed by atoms with Crippen LogP contribution in [0.2, 0.25) is 18.6 Å². The Hall–Kier alpha value is -0.353. The van der Waals surface area contributed by atoms with Crippen LogP contribution >= 0.6 is 0 Å². The van der Waals surface area contributed by atoms with Gasteiger partial charge in [-0.25, -0.2) is 0 Å². The van der Waals surface area contributed by atoms with Crippen LogP contribution in [0.3, 0.4) is 0 Å². The van der Waals surface area contributed by atoms with Crippen LogP contribution in [-0.4, -0.2) is 32.5 Å². The van der Waals surface area contributed by atoms with Crippen molar-refractivity contribution in [3.8, 4) is 0 Å². The van der Waals surface area contributed by atoms with Crippen molar-refractivity contribution in [1.82, 2.24) is 5.32 Å². The molecule has 1 fully saturated rings. The monoisotopic (exact) mass is 172 g/mol. The van der Waals surface area contributed by atoms with Gasteiger partial charge in [0.1, 0.15) is 6.04 Å². The van der Waals surface area contributed by atoms with Gasteiger partial charge in [-0.2, -0.15) is 0 Å². The number of rotatable bonds is 2. The SMILES string of the molecule is C[Si](C)C1CCN[C@@H]1C(=O)O. The van der Waals surface area contributed by atoms with Gasteiger partial charge in [0.15, 0.2) is 0 Å². The molecular weight excluding hydrogens is 158 g/mol. The van der Waals surface area contributed by atoms with E-state index in [1.807, 2.05) is 0 Å². The van der Waals surface area contributed by atoms with Gasteiger partial charge in [-0.15, -0.1) is 0 Å². The summed E-state index contributed by atoms with van der Waals surface area (Å²) in [5.74, 6) is -0.682. The Morgan fingerprint density at radius 3 is 2.64 bits per heavy atom. The highest BCUT2D eigenvalue weighted by Gasteiger charge is 2.34. The first kappa shape index (κ1) is 8.74. The van der Waals surface area contributed by atoms with Gasteiger partial charge < -0.3 is 10.4 Å². The third kappa shape index (κ3) is 1.81. The van der Waals surface area contributed by atoms with Crippen molar-refractivity contribution in [2.24, 2.45) is 0 Å². The molecule has 4 heteroatoms. The van der Waals surface area contributed by atoms with E-state index in [-0.39, 0.29) is 6.04 Å². The molecule has 0 spiro atoms. The second kappa shape index (κ2) is 3.36. The largest absolute Gasteiger partial charge is 0.480 e. The van der Waals surface area contributed by atoms with Crippen LogP contribution in [0.1, 0.15) is 6.42 Å². The summed E-state index contributed by atoms with van der Waals surface area (Å²) < 4.78 is 0. The molecule has 63 valence electrons. The van der Waals surface area contributed by atoms with Crippen LogP contribution in [0, 0.1) is 0 Å². The molecule has 0 bridgehead atoms. The smallest absolute Gasteiger partial charge is 0.320 e. The molecule has 1 rings (SSSR count). The normalized spacial score (nSPS) is 31.2. The molecule has 1 aliphatic rings. The first-order chi connectivity index (χ1) is 5.13. The fourth-order valence-corrected chi connectivity index (χ4v) is 3.23. The molecule has 3 nitrogen and oxygen atoms in total. The van der Waals surface area contributed by atoms with Crippen LogP contribution in [0.15, 0.2) is 0 Å². The molecule has 0 saturated carbocycles. The Morgan fingerprint density at radius 1 is 1.64 bits per heavy atom. The summed E-state index contributed by atoms with van der Waals surface area (Å²) in [6.07, 6.45) is 1.04. The van der Waals surface area contributed by atoms with Crippen molar-refractivity contribution in [3.63, 3.8) is 0 Å². The molecular formula is C7H14NO2Si. The molecule has 11 heavy (non-hydrogen) atoms. The van der Waals surface area contributed by atoms with Crippen LogP contribution in [-0.2, 0) is 4.79 Å². The van der Waals surface area contributed by atoms with Gasteiger partial charge in [0.05, 0.1) is 0 Å². The van der Waals surface area contributed by atoms with Gasteiger partial charge in [-0.1, -0.05) is 13.1 Å². The Balaban J connectivity index is 2.58. The third-order valence-corrected chi connectivity index (χ3v) is 4.33. The highest BCUT2D eigenvalue weighted by Crippen LogP contribution is 2.25. The third-order valence-electron chi connectivity index (χ3n) is 2.23. The average molecular weight is 172 g/mol. The van der Waals surface area contributed by atoms with Crippen LogP contribution < -0.4 is 5.32 Å². The minimum absolute atomic E-state index is 0.265. The second-order valence-electron chi connectivity index (χ2n) is 3.24. The summed E-state index contributed by atoms with van der Waals surface area (Å²) in [6, 6.07) is -0.265. The molecule has 0 aliphatic carbocycles. The van der Waals surface area contributed by atoms with E-state index in [2.05, 4.69) is 18.4 Å². The van der Waals surface area contributed by atoms with Crippen LogP contribution in [0.4, 0.5) is 0 Å². The number of hydrogen-bond donors (Lipinski definition) is 2. The van der Waals surface area contributed by atoms with Crippen molar-refractivity contribution in [2.75, 3.05) is 6.54 Å². The number of hydrogen-bond acceptors (Lipinski definition) is 2.